The summed E-state index contributed by atoms with van der Waals surface area (Å²) in [5.41, 5.74) is 3.33. The van der Waals surface area contributed by atoms with E-state index in [2.05, 4.69) is 38.6 Å². The van der Waals surface area contributed by atoms with Crippen LogP contribution in [0.4, 0.5) is 11.5 Å². The first-order valence-electron chi connectivity index (χ1n) is 9.54. The first-order chi connectivity index (χ1) is 13.8. The number of aromatic nitrogens is 4. The molecule has 0 radical (unpaired) electrons. The SMILES string of the molecule is Cc1nnc2nc(Nc3ccccc3)c3ccc(CN4CCOCC4)cc3n12. The third kappa shape index (κ3) is 3.19. The van der Waals surface area contributed by atoms with Gasteiger partial charge in [0.2, 0.25) is 0 Å². The van der Waals surface area contributed by atoms with E-state index >= 15 is 0 Å². The zero-order valence-electron chi connectivity index (χ0n) is 15.8. The lowest BCUT2D eigenvalue weighted by Gasteiger charge is -2.26. The normalized spacial score (nSPS) is 15.3. The van der Waals surface area contributed by atoms with E-state index in [1.807, 2.05) is 41.7 Å². The maximum Gasteiger partial charge on any atom is 0.257 e. The molecule has 1 aliphatic rings. The highest BCUT2D eigenvalue weighted by Gasteiger charge is 2.15. The number of rotatable bonds is 4. The average Bonchev–Trinajstić information content (AvgIpc) is 3.10. The molecule has 1 fully saturated rings. The van der Waals surface area contributed by atoms with Crippen LogP contribution in [0.25, 0.3) is 16.7 Å². The Hall–Kier alpha value is -3.03. The van der Waals surface area contributed by atoms with Gasteiger partial charge in [0.15, 0.2) is 0 Å². The molecule has 1 saturated heterocycles. The van der Waals surface area contributed by atoms with Crippen LogP contribution in [0.5, 0.6) is 0 Å². The third-order valence-electron chi connectivity index (χ3n) is 5.12. The van der Waals surface area contributed by atoms with Gasteiger partial charge in [0.1, 0.15) is 11.6 Å². The number of nitrogens with one attached hydrogen (secondary N) is 1. The van der Waals surface area contributed by atoms with Crippen LogP contribution < -0.4 is 5.32 Å². The Morgan fingerprint density at radius 1 is 1.04 bits per heavy atom. The second kappa shape index (κ2) is 7.18. The Kier molecular flexibility index (Phi) is 4.38. The van der Waals surface area contributed by atoms with E-state index in [-0.39, 0.29) is 0 Å². The molecule has 1 aliphatic heterocycles. The minimum atomic E-state index is 0.604. The number of para-hydroxylation sites is 1. The van der Waals surface area contributed by atoms with Crippen molar-refractivity contribution in [3.8, 4) is 0 Å². The summed E-state index contributed by atoms with van der Waals surface area (Å²) in [7, 11) is 0. The monoisotopic (exact) mass is 374 g/mol. The van der Waals surface area contributed by atoms with Crippen molar-refractivity contribution < 1.29 is 4.74 Å². The standard InChI is InChI=1S/C21H22N6O/c1-15-24-25-21-23-20(22-17-5-3-2-4-6-17)18-8-7-16(13-19(18)27(15)21)14-26-9-11-28-12-10-26/h2-8,13H,9-12,14H2,1H3,(H,22,23,25). The fourth-order valence-corrected chi connectivity index (χ4v) is 3.70. The molecule has 0 spiro atoms. The molecule has 3 heterocycles. The van der Waals surface area contributed by atoms with Crippen molar-refractivity contribution in [1.29, 1.82) is 0 Å². The Morgan fingerprint density at radius 3 is 2.68 bits per heavy atom. The number of ether oxygens (including phenoxy) is 1. The Bertz CT molecular complexity index is 1120. The summed E-state index contributed by atoms with van der Waals surface area (Å²) in [4.78, 5) is 7.14. The summed E-state index contributed by atoms with van der Waals surface area (Å²) in [5, 5.41) is 13.0. The van der Waals surface area contributed by atoms with Gasteiger partial charge in [-0.05, 0) is 36.8 Å². The highest BCUT2D eigenvalue weighted by atomic mass is 16.5. The van der Waals surface area contributed by atoms with Gasteiger partial charge in [-0.25, -0.2) is 0 Å². The summed E-state index contributed by atoms with van der Waals surface area (Å²) >= 11 is 0. The summed E-state index contributed by atoms with van der Waals surface area (Å²) in [6.07, 6.45) is 0. The minimum absolute atomic E-state index is 0.604. The van der Waals surface area contributed by atoms with Gasteiger partial charge < -0.3 is 10.1 Å². The van der Waals surface area contributed by atoms with E-state index in [4.69, 9.17) is 9.72 Å². The molecule has 28 heavy (non-hydrogen) atoms. The van der Waals surface area contributed by atoms with E-state index in [1.165, 1.54) is 5.56 Å². The Balaban J connectivity index is 1.60. The van der Waals surface area contributed by atoms with Crippen LogP contribution in [0.3, 0.4) is 0 Å². The van der Waals surface area contributed by atoms with Crippen LogP contribution in [0.15, 0.2) is 48.5 Å². The van der Waals surface area contributed by atoms with Crippen LogP contribution in [-0.4, -0.2) is 50.8 Å². The fraction of sp³-hybridized carbons (Fsp3) is 0.286. The van der Waals surface area contributed by atoms with Gasteiger partial charge in [-0.3, -0.25) is 9.30 Å². The summed E-state index contributed by atoms with van der Waals surface area (Å²) in [5.74, 6) is 2.23. The highest BCUT2D eigenvalue weighted by Crippen LogP contribution is 2.27. The number of nitrogens with zero attached hydrogens (tertiary/aromatic N) is 5. The Morgan fingerprint density at radius 2 is 1.86 bits per heavy atom. The lowest BCUT2D eigenvalue weighted by atomic mass is 10.1. The fourth-order valence-electron chi connectivity index (χ4n) is 3.70. The minimum Gasteiger partial charge on any atom is -0.379 e. The first-order valence-corrected chi connectivity index (χ1v) is 9.54. The molecule has 0 atom stereocenters. The number of benzene rings is 2. The number of fused-ring (bicyclic) bond motifs is 3. The van der Waals surface area contributed by atoms with Crippen molar-refractivity contribution in [3.63, 3.8) is 0 Å². The molecule has 1 N–H and O–H groups in total. The number of anilines is 2. The quantitative estimate of drug-likeness (QED) is 0.592. The van der Waals surface area contributed by atoms with Gasteiger partial charge in [0.05, 0.1) is 18.7 Å². The number of morpholine rings is 1. The molecule has 2 aromatic heterocycles. The number of hydrogen-bond acceptors (Lipinski definition) is 6. The maximum atomic E-state index is 5.46. The predicted molar refractivity (Wildman–Crippen MR) is 109 cm³/mol. The van der Waals surface area contributed by atoms with Crippen LogP contribution in [0, 0.1) is 6.92 Å². The second-order valence-corrected chi connectivity index (χ2v) is 7.07. The molecule has 0 amide bonds. The molecule has 5 rings (SSSR count). The molecular weight excluding hydrogens is 352 g/mol. The average molecular weight is 374 g/mol. The molecule has 2 aromatic carbocycles. The van der Waals surface area contributed by atoms with E-state index in [9.17, 15) is 0 Å². The van der Waals surface area contributed by atoms with Crippen molar-refractivity contribution in [2.24, 2.45) is 0 Å². The molecule has 0 saturated carbocycles. The van der Waals surface area contributed by atoms with Crippen molar-refractivity contribution in [2.75, 3.05) is 31.6 Å². The van der Waals surface area contributed by atoms with Crippen molar-refractivity contribution >= 4 is 28.2 Å². The van der Waals surface area contributed by atoms with Gasteiger partial charge in [-0.15, -0.1) is 10.2 Å². The second-order valence-electron chi connectivity index (χ2n) is 7.07. The van der Waals surface area contributed by atoms with Gasteiger partial charge in [-0.1, -0.05) is 24.3 Å². The molecule has 0 bridgehead atoms. The van der Waals surface area contributed by atoms with Crippen LogP contribution >= 0.6 is 0 Å². The van der Waals surface area contributed by atoms with E-state index in [0.717, 1.165) is 61.1 Å². The van der Waals surface area contributed by atoms with Gasteiger partial charge in [0, 0.05) is 30.7 Å². The maximum absolute atomic E-state index is 5.46. The molecule has 0 unspecified atom stereocenters. The molecule has 7 nitrogen and oxygen atoms in total. The van der Waals surface area contributed by atoms with Crippen molar-refractivity contribution in [1.82, 2.24) is 24.5 Å². The predicted octanol–water partition coefficient (Wildman–Crippen LogP) is 3.16. The van der Waals surface area contributed by atoms with E-state index in [0.29, 0.717) is 5.78 Å². The molecule has 4 aromatic rings. The van der Waals surface area contributed by atoms with Crippen LogP contribution in [0.1, 0.15) is 11.4 Å². The summed E-state index contributed by atoms with van der Waals surface area (Å²) in [6.45, 7) is 6.41. The zero-order chi connectivity index (χ0) is 18.9. The van der Waals surface area contributed by atoms with Crippen LogP contribution in [0.2, 0.25) is 0 Å². The topological polar surface area (TPSA) is 67.6 Å². The lowest BCUT2D eigenvalue weighted by Crippen LogP contribution is -2.35. The highest BCUT2D eigenvalue weighted by molar-refractivity contribution is 5.93. The molecule has 7 heteroatoms. The first kappa shape index (κ1) is 17.1. The van der Waals surface area contributed by atoms with Crippen LogP contribution in [-0.2, 0) is 11.3 Å². The Labute approximate surface area is 163 Å². The summed E-state index contributed by atoms with van der Waals surface area (Å²) in [6, 6.07) is 16.6. The van der Waals surface area contributed by atoms with Gasteiger partial charge in [0.25, 0.3) is 5.78 Å². The lowest BCUT2D eigenvalue weighted by molar-refractivity contribution is 0.0342. The molecule has 0 aliphatic carbocycles. The van der Waals surface area contributed by atoms with Crippen molar-refractivity contribution in [2.45, 2.75) is 13.5 Å². The molecular formula is C21H22N6O. The smallest absolute Gasteiger partial charge is 0.257 e. The van der Waals surface area contributed by atoms with Crippen molar-refractivity contribution in [3.05, 3.63) is 59.9 Å². The molecule has 142 valence electrons. The zero-order valence-corrected chi connectivity index (χ0v) is 15.8. The third-order valence-corrected chi connectivity index (χ3v) is 5.12. The van der Waals surface area contributed by atoms with E-state index in [1.54, 1.807) is 0 Å². The van der Waals surface area contributed by atoms with Gasteiger partial charge >= 0.3 is 0 Å². The number of hydrogen-bond donors (Lipinski definition) is 1. The largest absolute Gasteiger partial charge is 0.379 e. The van der Waals surface area contributed by atoms with Gasteiger partial charge in [-0.2, -0.15) is 4.98 Å². The summed E-state index contributed by atoms with van der Waals surface area (Å²) < 4.78 is 7.49. The van der Waals surface area contributed by atoms with E-state index < -0.39 is 0 Å². The number of aryl methyl sites for hydroxylation is 1.